The summed E-state index contributed by atoms with van der Waals surface area (Å²) >= 11 is 0. The fourth-order valence-corrected chi connectivity index (χ4v) is 1.35. The number of amides is 1. The summed E-state index contributed by atoms with van der Waals surface area (Å²) in [6.07, 6.45) is 1.000. The second-order valence-corrected chi connectivity index (χ2v) is 4.31. The van der Waals surface area contributed by atoms with E-state index in [1.807, 2.05) is 38.1 Å². The van der Waals surface area contributed by atoms with Crippen molar-refractivity contribution in [3.63, 3.8) is 0 Å². The van der Waals surface area contributed by atoms with Crippen molar-refractivity contribution in [2.45, 2.75) is 33.2 Å². The standard InChI is InChI=1S/C13H20N2O/c1-4-10-5-7-11(8-6-10)15-13(16)12(14)9(2)3/h5-9,12H,4,14H2,1-3H3,(H,15,16). The molecule has 1 unspecified atom stereocenters. The Hall–Kier alpha value is -1.35. The number of nitrogens with two attached hydrogens (primary N) is 1. The van der Waals surface area contributed by atoms with Crippen molar-refractivity contribution in [3.05, 3.63) is 29.8 Å². The molecular formula is C13H20N2O. The smallest absolute Gasteiger partial charge is 0.241 e. The Morgan fingerprint density at radius 1 is 1.31 bits per heavy atom. The molecule has 0 aromatic heterocycles. The third-order valence-corrected chi connectivity index (χ3v) is 2.65. The van der Waals surface area contributed by atoms with Gasteiger partial charge in [-0.15, -0.1) is 0 Å². The average Bonchev–Trinajstić information content (AvgIpc) is 2.28. The Morgan fingerprint density at radius 3 is 2.31 bits per heavy atom. The van der Waals surface area contributed by atoms with Crippen LogP contribution in [0.5, 0.6) is 0 Å². The molecule has 3 heteroatoms. The van der Waals surface area contributed by atoms with Gasteiger partial charge in [0.05, 0.1) is 6.04 Å². The minimum Gasteiger partial charge on any atom is -0.325 e. The number of benzene rings is 1. The van der Waals surface area contributed by atoms with E-state index in [0.29, 0.717) is 0 Å². The maximum atomic E-state index is 11.7. The van der Waals surface area contributed by atoms with Gasteiger partial charge in [-0.2, -0.15) is 0 Å². The number of carbonyl (C=O) groups is 1. The molecule has 88 valence electrons. The summed E-state index contributed by atoms with van der Waals surface area (Å²) in [5.41, 5.74) is 7.81. The summed E-state index contributed by atoms with van der Waals surface area (Å²) in [6.45, 7) is 5.97. The molecule has 0 saturated heterocycles. The lowest BCUT2D eigenvalue weighted by Crippen LogP contribution is -2.39. The Morgan fingerprint density at radius 2 is 1.88 bits per heavy atom. The summed E-state index contributed by atoms with van der Waals surface area (Å²) in [5.74, 6) is 0.0224. The number of carbonyl (C=O) groups excluding carboxylic acids is 1. The highest BCUT2D eigenvalue weighted by molar-refractivity contribution is 5.94. The van der Waals surface area contributed by atoms with Gasteiger partial charge in [-0.25, -0.2) is 0 Å². The molecule has 3 nitrogen and oxygen atoms in total. The molecule has 16 heavy (non-hydrogen) atoms. The lowest BCUT2D eigenvalue weighted by molar-refractivity contribution is -0.118. The third-order valence-electron chi connectivity index (χ3n) is 2.65. The van der Waals surface area contributed by atoms with Gasteiger partial charge in [-0.1, -0.05) is 32.9 Å². The van der Waals surface area contributed by atoms with Crippen LogP contribution in [0.1, 0.15) is 26.3 Å². The average molecular weight is 220 g/mol. The minimum atomic E-state index is -0.453. The molecule has 1 aromatic carbocycles. The van der Waals surface area contributed by atoms with Crippen LogP contribution in [-0.2, 0) is 11.2 Å². The molecule has 0 bridgehead atoms. The second kappa shape index (κ2) is 5.66. The van der Waals surface area contributed by atoms with Crippen molar-refractivity contribution in [1.29, 1.82) is 0 Å². The Labute approximate surface area is 97.0 Å². The van der Waals surface area contributed by atoms with Gasteiger partial charge in [0.15, 0.2) is 0 Å². The maximum absolute atomic E-state index is 11.7. The van der Waals surface area contributed by atoms with Crippen LogP contribution < -0.4 is 11.1 Å². The number of rotatable bonds is 4. The molecule has 0 aliphatic rings. The van der Waals surface area contributed by atoms with Gasteiger partial charge in [0, 0.05) is 5.69 Å². The second-order valence-electron chi connectivity index (χ2n) is 4.31. The summed E-state index contributed by atoms with van der Waals surface area (Å²) in [7, 11) is 0. The molecule has 1 amide bonds. The van der Waals surface area contributed by atoms with E-state index in [4.69, 9.17) is 5.73 Å². The lowest BCUT2D eigenvalue weighted by atomic mass is 10.0. The van der Waals surface area contributed by atoms with Crippen LogP contribution in [0.3, 0.4) is 0 Å². The van der Waals surface area contributed by atoms with Crippen LogP contribution in [0.15, 0.2) is 24.3 Å². The molecule has 0 spiro atoms. The largest absolute Gasteiger partial charge is 0.325 e. The number of anilines is 1. The van der Waals surface area contributed by atoms with Gasteiger partial charge in [-0.3, -0.25) is 4.79 Å². The molecule has 0 heterocycles. The fourth-order valence-electron chi connectivity index (χ4n) is 1.35. The van der Waals surface area contributed by atoms with E-state index in [1.165, 1.54) is 5.56 Å². The number of hydrogen-bond acceptors (Lipinski definition) is 2. The van der Waals surface area contributed by atoms with E-state index in [9.17, 15) is 4.79 Å². The number of hydrogen-bond donors (Lipinski definition) is 2. The van der Waals surface area contributed by atoms with Crippen molar-refractivity contribution < 1.29 is 4.79 Å². The van der Waals surface area contributed by atoms with Gasteiger partial charge in [0.2, 0.25) is 5.91 Å². The molecule has 1 aromatic rings. The SMILES string of the molecule is CCc1ccc(NC(=O)C(N)C(C)C)cc1. The number of nitrogens with one attached hydrogen (secondary N) is 1. The Balaban J connectivity index is 2.62. The van der Waals surface area contributed by atoms with Crippen molar-refractivity contribution in [2.75, 3.05) is 5.32 Å². The summed E-state index contributed by atoms with van der Waals surface area (Å²) < 4.78 is 0. The first-order valence-corrected chi connectivity index (χ1v) is 5.70. The van der Waals surface area contributed by atoms with E-state index in [1.54, 1.807) is 0 Å². The molecule has 1 atom stereocenters. The number of aryl methyl sites for hydroxylation is 1. The van der Waals surface area contributed by atoms with Crippen LogP contribution in [0, 0.1) is 5.92 Å². The topological polar surface area (TPSA) is 55.1 Å². The fraction of sp³-hybridized carbons (Fsp3) is 0.462. The lowest BCUT2D eigenvalue weighted by Gasteiger charge is -2.15. The molecule has 1 rings (SSSR count). The molecule has 0 aliphatic carbocycles. The highest BCUT2D eigenvalue weighted by atomic mass is 16.2. The molecule has 0 saturated carbocycles. The van der Waals surface area contributed by atoms with Crippen molar-refractivity contribution in [2.24, 2.45) is 11.7 Å². The zero-order chi connectivity index (χ0) is 12.1. The maximum Gasteiger partial charge on any atom is 0.241 e. The Kier molecular flexibility index (Phi) is 4.50. The summed E-state index contributed by atoms with van der Waals surface area (Å²) in [5, 5.41) is 2.81. The third kappa shape index (κ3) is 3.35. The van der Waals surface area contributed by atoms with Gasteiger partial charge < -0.3 is 11.1 Å². The van der Waals surface area contributed by atoms with Crippen LogP contribution in [0.4, 0.5) is 5.69 Å². The van der Waals surface area contributed by atoms with Gasteiger partial charge in [-0.05, 0) is 30.0 Å². The zero-order valence-corrected chi connectivity index (χ0v) is 10.2. The first-order valence-electron chi connectivity index (χ1n) is 5.70. The first-order chi connectivity index (χ1) is 7.54. The van der Waals surface area contributed by atoms with Crippen molar-refractivity contribution in [1.82, 2.24) is 0 Å². The van der Waals surface area contributed by atoms with Crippen LogP contribution in [-0.4, -0.2) is 11.9 Å². The zero-order valence-electron chi connectivity index (χ0n) is 10.2. The van der Waals surface area contributed by atoms with E-state index in [2.05, 4.69) is 12.2 Å². The van der Waals surface area contributed by atoms with Crippen molar-refractivity contribution >= 4 is 11.6 Å². The normalized spacial score (nSPS) is 12.6. The molecular weight excluding hydrogens is 200 g/mol. The summed E-state index contributed by atoms with van der Waals surface area (Å²) in [6, 6.07) is 7.38. The van der Waals surface area contributed by atoms with Gasteiger partial charge in [0.25, 0.3) is 0 Å². The summed E-state index contributed by atoms with van der Waals surface area (Å²) in [4.78, 5) is 11.7. The Bertz CT molecular complexity index is 343. The minimum absolute atomic E-state index is 0.126. The van der Waals surface area contributed by atoms with E-state index >= 15 is 0 Å². The van der Waals surface area contributed by atoms with Crippen molar-refractivity contribution in [3.8, 4) is 0 Å². The van der Waals surface area contributed by atoms with Gasteiger partial charge in [0.1, 0.15) is 0 Å². The highest BCUT2D eigenvalue weighted by Gasteiger charge is 2.16. The monoisotopic (exact) mass is 220 g/mol. The quantitative estimate of drug-likeness (QED) is 0.817. The van der Waals surface area contributed by atoms with Crippen LogP contribution in [0.25, 0.3) is 0 Å². The molecule has 0 aliphatic heterocycles. The van der Waals surface area contributed by atoms with Gasteiger partial charge >= 0.3 is 0 Å². The predicted molar refractivity (Wildman–Crippen MR) is 67.3 cm³/mol. The van der Waals surface area contributed by atoms with E-state index in [0.717, 1.165) is 12.1 Å². The first kappa shape index (κ1) is 12.7. The van der Waals surface area contributed by atoms with E-state index < -0.39 is 6.04 Å². The predicted octanol–water partition coefficient (Wildman–Crippen LogP) is 2.17. The van der Waals surface area contributed by atoms with Crippen LogP contribution >= 0.6 is 0 Å². The van der Waals surface area contributed by atoms with E-state index in [-0.39, 0.29) is 11.8 Å². The molecule has 0 fully saturated rings. The molecule has 3 N–H and O–H groups in total. The highest BCUT2D eigenvalue weighted by Crippen LogP contribution is 2.11. The van der Waals surface area contributed by atoms with Crippen LogP contribution in [0.2, 0.25) is 0 Å². The molecule has 0 radical (unpaired) electrons.